The molecule has 16 heavy (non-hydrogen) atoms. The topological polar surface area (TPSA) is 49.5 Å². The fraction of sp³-hybridized carbons (Fsp3) is 0.500. The van der Waals surface area contributed by atoms with Crippen molar-refractivity contribution in [2.75, 3.05) is 19.3 Å². The zero-order valence-electron chi connectivity index (χ0n) is 9.78. The normalized spacial score (nSPS) is 13.1. The van der Waals surface area contributed by atoms with Gasteiger partial charge in [0.05, 0.1) is 6.10 Å². The van der Waals surface area contributed by atoms with E-state index in [4.69, 9.17) is 10.8 Å². The van der Waals surface area contributed by atoms with Crippen LogP contribution in [0, 0.1) is 5.82 Å². The van der Waals surface area contributed by atoms with Gasteiger partial charge in [-0.1, -0.05) is 6.07 Å². The molecular formula is C12H19FN2O. The second kappa shape index (κ2) is 5.82. The first-order valence-electron chi connectivity index (χ1n) is 5.40. The summed E-state index contributed by atoms with van der Waals surface area (Å²) in [5, 5.41) is 9.15. The Morgan fingerprint density at radius 1 is 1.50 bits per heavy atom. The molecule has 0 fully saturated rings. The fourth-order valence-electron chi connectivity index (χ4n) is 1.50. The third-order valence-electron chi connectivity index (χ3n) is 2.51. The van der Waals surface area contributed by atoms with Gasteiger partial charge in [0.25, 0.3) is 0 Å². The third-order valence-corrected chi connectivity index (χ3v) is 2.51. The lowest BCUT2D eigenvalue weighted by Crippen LogP contribution is -2.23. The Labute approximate surface area is 95.7 Å². The maximum absolute atomic E-state index is 13.5. The predicted octanol–water partition coefficient (Wildman–Crippen LogP) is 1.61. The molecule has 4 heteroatoms. The van der Waals surface area contributed by atoms with Gasteiger partial charge >= 0.3 is 0 Å². The molecule has 0 heterocycles. The molecule has 0 aliphatic rings. The number of rotatable bonds is 5. The predicted molar refractivity (Wildman–Crippen MR) is 63.4 cm³/mol. The summed E-state index contributed by atoms with van der Waals surface area (Å²) in [5.74, 6) is -0.274. The Morgan fingerprint density at radius 2 is 2.19 bits per heavy atom. The SMILES string of the molecule is CC(O)CCN(C)Cc1c(N)cccc1F. The summed E-state index contributed by atoms with van der Waals surface area (Å²) in [4.78, 5) is 1.95. The van der Waals surface area contributed by atoms with Crippen LogP contribution in [0.5, 0.6) is 0 Å². The van der Waals surface area contributed by atoms with Gasteiger partial charge in [-0.15, -0.1) is 0 Å². The van der Waals surface area contributed by atoms with Crippen molar-refractivity contribution in [1.29, 1.82) is 0 Å². The van der Waals surface area contributed by atoms with Gasteiger partial charge in [-0.2, -0.15) is 0 Å². The van der Waals surface area contributed by atoms with E-state index in [1.165, 1.54) is 6.07 Å². The van der Waals surface area contributed by atoms with Crippen molar-refractivity contribution in [2.45, 2.75) is 26.0 Å². The molecule has 1 aromatic rings. The summed E-state index contributed by atoms with van der Waals surface area (Å²) in [6.45, 7) is 2.92. The number of hydrogen-bond acceptors (Lipinski definition) is 3. The van der Waals surface area contributed by atoms with Crippen LogP contribution in [-0.4, -0.2) is 29.7 Å². The maximum Gasteiger partial charge on any atom is 0.129 e. The molecular weight excluding hydrogens is 207 g/mol. The summed E-state index contributed by atoms with van der Waals surface area (Å²) in [6.07, 6.45) is 0.339. The van der Waals surface area contributed by atoms with Crippen LogP contribution >= 0.6 is 0 Å². The molecule has 0 amide bonds. The lowest BCUT2D eigenvalue weighted by Gasteiger charge is -2.18. The van der Waals surface area contributed by atoms with Crippen molar-refractivity contribution in [3.8, 4) is 0 Å². The Bertz CT molecular complexity index is 322. The number of anilines is 1. The third kappa shape index (κ3) is 3.79. The molecule has 0 aliphatic carbocycles. The minimum absolute atomic E-state index is 0.274. The Kier molecular flexibility index (Phi) is 4.71. The van der Waals surface area contributed by atoms with E-state index >= 15 is 0 Å². The average Bonchev–Trinajstić information content (AvgIpc) is 2.21. The van der Waals surface area contributed by atoms with Gasteiger partial charge in [-0.05, 0) is 32.5 Å². The highest BCUT2D eigenvalue weighted by molar-refractivity contribution is 5.47. The number of benzene rings is 1. The first-order valence-corrected chi connectivity index (χ1v) is 5.40. The zero-order chi connectivity index (χ0) is 12.1. The van der Waals surface area contributed by atoms with E-state index in [1.54, 1.807) is 19.1 Å². The van der Waals surface area contributed by atoms with Crippen LogP contribution in [0.4, 0.5) is 10.1 Å². The minimum atomic E-state index is -0.333. The molecule has 0 saturated carbocycles. The molecule has 1 unspecified atom stereocenters. The second-order valence-corrected chi connectivity index (χ2v) is 4.18. The van der Waals surface area contributed by atoms with E-state index in [9.17, 15) is 4.39 Å². The Morgan fingerprint density at radius 3 is 2.75 bits per heavy atom. The van der Waals surface area contributed by atoms with Crippen LogP contribution in [0.3, 0.4) is 0 Å². The van der Waals surface area contributed by atoms with Gasteiger partial charge in [-0.25, -0.2) is 4.39 Å². The molecule has 0 spiro atoms. The van der Waals surface area contributed by atoms with E-state index in [-0.39, 0.29) is 11.9 Å². The maximum atomic E-state index is 13.5. The van der Waals surface area contributed by atoms with Crippen molar-refractivity contribution in [1.82, 2.24) is 4.90 Å². The molecule has 0 aliphatic heterocycles. The van der Waals surface area contributed by atoms with Crippen LogP contribution in [0.2, 0.25) is 0 Å². The number of nitrogen functional groups attached to an aromatic ring is 1. The van der Waals surface area contributed by atoms with Crippen LogP contribution in [0.1, 0.15) is 18.9 Å². The van der Waals surface area contributed by atoms with Crippen LogP contribution in [0.25, 0.3) is 0 Å². The molecule has 0 saturated heterocycles. The van der Waals surface area contributed by atoms with Crippen molar-refractivity contribution in [3.05, 3.63) is 29.6 Å². The lowest BCUT2D eigenvalue weighted by molar-refractivity contribution is 0.162. The molecule has 1 aromatic carbocycles. The van der Waals surface area contributed by atoms with Crippen molar-refractivity contribution < 1.29 is 9.50 Å². The summed E-state index contributed by atoms with van der Waals surface area (Å²) >= 11 is 0. The van der Waals surface area contributed by atoms with E-state index in [0.717, 1.165) is 0 Å². The number of aliphatic hydroxyl groups excluding tert-OH is 1. The number of nitrogens with two attached hydrogens (primary N) is 1. The summed E-state index contributed by atoms with van der Waals surface area (Å²) in [7, 11) is 1.88. The van der Waals surface area contributed by atoms with Gasteiger partial charge < -0.3 is 15.7 Å². The first-order chi connectivity index (χ1) is 7.50. The minimum Gasteiger partial charge on any atom is -0.398 e. The zero-order valence-corrected chi connectivity index (χ0v) is 9.78. The van der Waals surface area contributed by atoms with Crippen molar-refractivity contribution in [3.63, 3.8) is 0 Å². The highest BCUT2D eigenvalue weighted by Gasteiger charge is 2.09. The molecule has 1 atom stereocenters. The summed E-state index contributed by atoms with van der Waals surface area (Å²) < 4.78 is 13.5. The molecule has 0 aromatic heterocycles. The number of aliphatic hydroxyl groups is 1. The highest BCUT2D eigenvalue weighted by atomic mass is 19.1. The van der Waals surface area contributed by atoms with Crippen LogP contribution < -0.4 is 5.73 Å². The molecule has 3 nitrogen and oxygen atoms in total. The van der Waals surface area contributed by atoms with Gasteiger partial charge in [0.15, 0.2) is 0 Å². The first kappa shape index (κ1) is 12.9. The van der Waals surface area contributed by atoms with Crippen LogP contribution in [0.15, 0.2) is 18.2 Å². The van der Waals surface area contributed by atoms with Gasteiger partial charge in [-0.3, -0.25) is 0 Å². The van der Waals surface area contributed by atoms with Crippen LogP contribution in [-0.2, 0) is 6.54 Å². The molecule has 90 valence electrons. The monoisotopic (exact) mass is 226 g/mol. The van der Waals surface area contributed by atoms with E-state index < -0.39 is 0 Å². The largest absolute Gasteiger partial charge is 0.398 e. The standard InChI is InChI=1S/C12H19FN2O/c1-9(16)6-7-15(2)8-10-11(13)4-3-5-12(10)14/h3-5,9,16H,6-8,14H2,1-2H3. The second-order valence-electron chi connectivity index (χ2n) is 4.18. The van der Waals surface area contributed by atoms with Gasteiger partial charge in [0.1, 0.15) is 5.82 Å². The molecule has 0 bridgehead atoms. The number of hydrogen-bond donors (Lipinski definition) is 2. The smallest absolute Gasteiger partial charge is 0.129 e. The molecule has 1 rings (SSSR count). The number of nitrogens with zero attached hydrogens (tertiary/aromatic N) is 1. The summed E-state index contributed by atoms with van der Waals surface area (Å²) in [5.41, 5.74) is 6.71. The Balaban J connectivity index is 2.59. The summed E-state index contributed by atoms with van der Waals surface area (Å²) in [6, 6.07) is 4.71. The van der Waals surface area contributed by atoms with Gasteiger partial charge in [0, 0.05) is 24.3 Å². The average molecular weight is 226 g/mol. The highest BCUT2D eigenvalue weighted by Crippen LogP contribution is 2.17. The Hall–Kier alpha value is -1.13. The van der Waals surface area contributed by atoms with E-state index in [0.29, 0.717) is 30.8 Å². The quantitative estimate of drug-likeness (QED) is 0.750. The molecule has 3 N–H and O–H groups in total. The van der Waals surface area contributed by atoms with E-state index in [1.807, 2.05) is 11.9 Å². The van der Waals surface area contributed by atoms with Crippen molar-refractivity contribution in [2.24, 2.45) is 0 Å². The fourth-order valence-corrected chi connectivity index (χ4v) is 1.50. The number of halogens is 1. The lowest BCUT2D eigenvalue weighted by atomic mass is 10.1. The molecule has 0 radical (unpaired) electrons. The van der Waals surface area contributed by atoms with Crippen molar-refractivity contribution >= 4 is 5.69 Å². The van der Waals surface area contributed by atoms with Gasteiger partial charge in [0.2, 0.25) is 0 Å². The van der Waals surface area contributed by atoms with E-state index in [2.05, 4.69) is 0 Å².